The standard InChI is InChI=1S/C9H7N3O2.2C2H6.CH5N/c10-7-3-4-8(12(13)14)6-2-1-5-11-9(6)7;3*1-2/h1-5H,10H2;2*1-2H3;2H2,1H3. The van der Waals surface area contributed by atoms with Gasteiger partial charge in [0.05, 0.1) is 21.5 Å². The molecule has 0 unspecified atom stereocenters. The molecule has 1 aromatic carbocycles. The molecule has 0 saturated carbocycles. The largest absolute Gasteiger partial charge is 0.397 e. The topological polar surface area (TPSA) is 108 Å². The van der Waals surface area contributed by atoms with Crippen LogP contribution in [0.2, 0.25) is 0 Å². The van der Waals surface area contributed by atoms with Crippen LogP contribution in [0.4, 0.5) is 11.4 Å². The number of nitrogens with two attached hydrogens (primary N) is 2. The average Bonchev–Trinajstić information content (AvgIpc) is 2.53. The van der Waals surface area contributed by atoms with Crippen molar-refractivity contribution >= 4 is 22.3 Å². The molecule has 6 nitrogen and oxygen atoms in total. The van der Waals surface area contributed by atoms with Crippen molar-refractivity contribution in [2.24, 2.45) is 5.73 Å². The number of non-ortho nitro benzene ring substituents is 1. The van der Waals surface area contributed by atoms with Gasteiger partial charge in [-0.05, 0) is 25.2 Å². The molecule has 2 aromatic rings. The minimum Gasteiger partial charge on any atom is -0.397 e. The molecule has 2 rings (SSSR count). The van der Waals surface area contributed by atoms with Crippen LogP contribution in [0.3, 0.4) is 0 Å². The van der Waals surface area contributed by atoms with Crippen molar-refractivity contribution < 1.29 is 4.92 Å². The molecule has 112 valence electrons. The first-order valence-electron chi connectivity index (χ1n) is 6.55. The highest BCUT2D eigenvalue weighted by Crippen LogP contribution is 2.27. The lowest BCUT2D eigenvalue weighted by Crippen LogP contribution is -1.94. The SMILES string of the molecule is CC.CC.CN.Nc1ccc([N+](=O)[O-])c2cccnc12. The average molecular weight is 280 g/mol. The van der Waals surface area contributed by atoms with Gasteiger partial charge in [0.15, 0.2) is 0 Å². The summed E-state index contributed by atoms with van der Waals surface area (Å²) < 4.78 is 0. The van der Waals surface area contributed by atoms with E-state index in [1.165, 1.54) is 19.2 Å². The Morgan fingerprint density at radius 1 is 1.10 bits per heavy atom. The molecule has 0 aliphatic heterocycles. The summed E-state index contributed by atoms with van der Waals surface area (Å²) in [5.74, 6) is 0. The van der Waals surface area contributed by atoms with Crippen LogP contribution in [0.1, 0.15) is 27.7 Å². The quantitative estimate of drug-likeness (QED) is 0.473. The van der Waals surface area contributed by atoms with Gasteiger partial charge in [0.2, 0.25) is 0 Å². The lowest BCUT2D eigenvalue weighted by atomic mass is 10.1. The second kappa shape index (κ2) is 11.9. The molecule has 0 radical (unpaired) electrons. The molecule has 0 bridgehead atoms. The molecule has 4 N–H and O–H groups in total. The molecule has 6 heteroatoms. The fourth-order valence-electron chi connectivity index (χ4n) is 1.34. The molecule has 1 heterocycles. The van der Waals surface area contributed by atoms with Crippen LogP contribution in [-0.2, 0) is 0 Å². The zero-order valence-corrected chi connectivity index (χ0v) is 12.8. The lowest BCUT2D eigenvalue weighted by Gasteiger charge is -2.00. The van der Waals surface area contributed by atoms with Crippen molar-refractivity contribution in [1.82, 2.24) is 4.98 Å². The molecular weight excluding hydrogens is 256 g/mol. The van der Waals surface area contributed by atoms with Crippen molar-refractivity contribution in [2.75, 3.05) is 12.8 Å². The third-order valence-corrected chi connectivity index (χ3v) is 1.97. The maximum atomic E-state index is 10.7. The predicted octanol–water partition coefficient (Wildman–Crippen LogP) is 3.35. The van der Waals surface area contributed by atoms with Gasteiger partial charge in [-0.15, -0.1) is 0 Å². The molecule has 1 aromatic heterocycles. The minimum absolute atomic E-state index is 0.0299. The molecule has 0 fully saturated rings. The summed E-state index contributed by atoms with van der Waals surface area (Å²) in [5, 5.41) is 11.1. The van der Waals surface area contributed by atoms with Crippen LogP contribution in [0.5, 0.6) is 0 Å². The van der Waals surface area contributed by atoms with Crippen molar-refractivity contribution in [3.8, 4) is 0 Å². The predicted molar refractivity (Wildman–Crippen MR) is 85.6 cm³/mol. The van der Waals surface area contributed by atoms with Crippen molar-refractivity contribution in [3.05, 3.63) is 40.6 Å². The van der Waals surface area contributed by atoms with E-state index in [0.29, 0.717) is 16.6 Å². The van der Waals surface area contributed by atoms with Crippen molar-refractivity contribution in [3.63, 3.8) is 0 Å². The van der Waals surface area contributed by atoms with Crippen LogP contribution in [0.15, 0.2) is 30.5 Å². The van der Waals surface area contributed by atoms with Gasteiger partial charge >= 0.3 is 0 Å². The molecule has 0 amide bonds. The monoisotopic (exact) mass is 280 g/mol. The number of nitrogens with zero attached hydrogens (tertiary/aromatic N) is 2. The Hall–Kier alpha value is -2.21. The van der Waals surface area contributed by atoms with Crippen molar-refractivity contribution in [1.29, 1.82) is 0 Å². The van der Waals surface area contributed by atoms with E-state index in [0.717, 1.165) is 0 Å². The van der Waals surface area contributed by atoms with Gasteiger partial charge in [0.1, 0.15) is 0 Å². The molecule has 0 aliphatic carbocycles. The normalized spacial score (nSPS) is 8.10. The summed E-state index contributed by atoms with van der Waals surface area (Å²) in [4.78, 5) is 14.2. The fourth-order valence-corrected chi connectivity index (χ4v) is 1.34. The summed E-state index contributed by atoms with van der Waals surface area (Å²) in [6.07, 6.45) is 1.56. The lowest BCUT2D eigenvalue weighted by molar-refractivity contribution is -0.383. The highest BCUT2D eigenvalue weighted by atomic mass is 16.6. The number of nitro benzene ring substituents is 1. The summed E-state index contributed by atoms with van der Waals surface area (Å²) in [7, 11) is 1.50. The van der Waals surface area contributed by atoms with E-state index in [9.17, 15) is 10.1 Å². The Morgan fingerprint density at radius 3 is 2.15 bits per heavy atom. The summed E-state index contributed by atoms with van der Waals surface area (Å²) in [6, 6.07) is 6.17. The van der Waals surface area contributed by atoms with Gasteiger partial charge in [-0.3, -0.25) is 15.1 Å². The van der Waals surface area contributed by atoms with E-state index < -0.39 is 4.92 Å². The number of hydrogen-bond donors (Lipinski definition) is 2. The molecule has 0 aliphatic rings. The Morgan fingerprint density at radius 2 is 1.65 bits per heavy atom. The molecule has 0 spiro atoms. The maximum Gasteiger partial charge on any atom is 0.278 e. The number of anilines is 1. The molecule has 0 saturated heterocycles. The van der Waals surface area contributed by atoms with Crippen LogP contribution >= 0.6 is 0 Å². The number of nitro groups is 1. The zero-order valence-electron chi connectivity index (χ0n) is 12.8. The first-order chi connectivity index (χ1) is 9.70. The molecule has 20 heavy (non-hydrogen) atoms. The highest BCUT2D eigenvalue weighted by molar-refractivity contribution is 5.95. The smallest absolute Gasteiger partial charge is 0.278 e. The van der Waals surface area contributed by atoms with Gasteiger partial charge in [-0.1, -0.05) is 27.7 Å². The van der Waals surface area contributed by atoms with Gasteiger partial charge in [-0.2, -0.15) is 0 Å². The maximum absolute atomic E-state index is 10.7. The van der Waals surface area contributed by atoms with Gasteiger partial charge in [0.25, 0.3) is 5.69 Å². The van der Waals surface area contributed by atoms with E-state index >= 15 is 0 Å². The van der Waals surface area contributed by atoms with Crippen LogP contribution in [0.25, 0.3) is 10.9 Å². The van der Waals surface area contributed by atoms with E-state index in [2.05, 4.69) is 10.7 Å². The third kappa shape index (κ3) is 5.19. The Labute approximate surface area is 120 Å². The fraction of sp³-hybridized carbons (Fsp3) is 0.357. The number of fused-ring (bicyclic) bond motifs is 1. The third-order valence-electron chi connectivity index (χ3n) is 1.97. The van der Waals surface area contributed by atoms with E-state index in [-0.39, 0.29) is 5.69 Å². The van der Waals surface area contributed by atoms with Crippen LogP contribution < -0.4 is 11.5 Å². The Balaban J connectivity index is 0. The highest BCUT2D eigenvalue weighted by Gasteiger charge is 2.12. The number of benzene rings is 1. The second-order valence-electron chi connectivity index (χ2n) is 2.83. The van der Waals surface area contributed by atoms with Crippen LogP contribution in [0, 0.1) is 10.1 Å². The number of aromatic nitrogens is 1. The van der Waals surface area contributed by atoms with Gasteiger partial charge in [0, 0.05) is 12.3 Å². The number of nitrogen functional groups attached to an aromatic ring is 1. The van der Waals surface area contributed by atoms with Crippen molar-refractivity contribution in [2.45, 2.75) is 27.7 Å². The van der Waals surface area contributed by atoms with E-state index in [1.54, 1.807) is 18.3 Å². The first kappa shape index (κ1) is 20.1. The number of rotatable bonds is 1. The Kier molecular flexibility index (Phi) is 11.9. The van der Waals surface area contributed by atoms with Gasteiger partial charge < -0.3 is 11.5 Å². The molecular formula is C14H24N4O2. The number of hydrogen-bond acceptors (Lipinski definition) is 5. The van der Waals surface area contributed by atoms with Crippen LogP contribution in [-0.4, -0.2) is 17.0 Å². The zero-order chi connectivity index (χ0) is 16.1. The number of pyridine rings is 1. The van der Waals surface area contributed by atoms with Gasteiger partial charge in [-0.25, -0.2) is 0 Å². The first-order valence-corrected chi connectivity index (χ1v) is 6.55. The Bertz CT molecular complexity index is 516. The summed E-state index contributed by atoms with van der Waals surface area (Å²) in [5.41, 5.74) is 11.1. The summed E-state index contributed by atoms with van der Waals surface area (Å²) >= 11 is 0. The molecule has 0 atom stereocenters. The van der Waals surface area contributed by atoms with E-state index in [4.69, 9.17) is 5.73 Å². The van der Waals surface area contributed by atoms with E-state index in [1.807, 2.05) is 27.7 Å². The minimum atomic E-state index is -0.441. The second-order valence-corrected chi connectivity index (χ2v) is 2.83. The summed E-state index contributed by atoms with van der Waals surface area (Å²) in [6.45, 7) is 8.00.